The monoisotopic (exact) mass is 652 g/mol. The molecule has 0 aliphatic carbocycles. The van der Waals surface area contributed by atoms with Crippen molar-refractivity contribution in [1.29, 1.82) is 0 Å². The molecule has 11 heteroatoms. The second kappa shape index (κ2) is 13.7. The van der Waals surface area contributed by atoms with Gasteiger partial charge in [-0.05, 0) is 77.7 Å². The van der Waals surface area contributed by atoms with Crippen LogP contribution in [0.5, 0.6) is 0 Å². The van der Waals surface area contributed by atoms with Crippen LogP contribution in [0.25, 0.3) is 0 Å². The van der Waals surface area contributed by atoms with E-state index in [-0.39, 0.29) is 43.3 Å². The number of hydrogen-bond acceptors (Lipinski definition) is 7. The molecule has 3 fully saturated rings. The summed E-state index contributed by atoms with van der Waals surface area (Å²) in [6.45, 7) is 14.2. The van der Waals surface area contributed by atoms with Crippen molar-refractivity contribution in [2.75, 3.05) is 49.1 Å². The van der Waals surface area contributed by atoms with E-state index in [4.69, 9.17) is 4.74 Å². The van der Waals surface area contributed by atoms with E-state index in [1.54, 1.807) is 14.7 Å². The highest BCUT2D eigenvalue weighted by Gasteiger charge is 2.66. The Bertz CT molecular complexity index is 1400. The lowest BCUT2D eigenvalue weighted by molar-refractivity contribution is -0.149. The topological polar surface area (TPSA) is 123 Å². The van der Waals surface area contributed by atoms with Crippen LogP contribution in [0.15, 0.2) is 41.5 Å². The van der Waals surface area contributed by atoms with Gasteiger partial charge >= 0.3 is 0 Å². The second-order valence-corrected chi connectivity index (χ2v) is 18.3. The maximum Gasteiger partial charge on any atom is 0.264 e. The van der Waals surface area contributed by atoms with Gasteiger partial charge < -0.3 is 34.7 Å². The molecule has 3 saturated heterocycles. The number of ether oxygens (including phenoxy) is 1. The minimum atomic E-state index is -2.97. The number of carbonyl (C=O) groups is 3. The van der Waals surface area contributed by atoms with Crippen LogP contribution in [0.1, 0.15) is 65.4 Å². The Morgan fingerprint density at radius 3 is 2.61 bits per heavy atom. The van der Waals surface area contributed by atoms with Crippen LogP contribution in [0, 0.1) is 5.92 Å². The molecule has 4 heterocycles. The van der Waals surface area contributed by atoms with Crippen molar-refractivity contribution < 1.29 is 29.0 Å². The first-order valence-electron chi connectivity index (χ1n) is 16.9. The molecule has 0 bridgehead atoms. The SMILES string of the molecule is CC(C)=CCC/C(C)=C/CN1C(=O)[C@@]2(O[C@@H](CC(=O)N3CCC[C@H]3CO)[C@H]([Si](C)(C)O)[C@H]2C)c2cc(N3CCNCC3=O)ccc21. The van der Waals surface area contributed by atoms with E-state index >= 15 is 0 Å². The van der Waals surface area contributed by atoms with Crippen LogP contribution in [0.4, 0.5) is 11.4 Å². The van der Waals surface area contributed by atoms with Crippen molar-refractivity contribution in [2.45, 2.75) is 96.2 Å². The van der Waals surface area contributed by atoms with Gasteiger partial charge in [0.05, 0.1) is 37.4 Å². The largest absolute Gasteiger partial charge is 0.432 e. The number of aliphatic hydroxyl groups excluding tert-OH is 1. The molecule has 1 aromatic carbocycles. The Morgan fingerprint density at radius 1 is 1.17 bits per heavy atom. The summed E-state index contributed by atoms with van der Waals surface area (Å²) in [7, 11) is -2.97. The molecule has 3 amide bonds. The standard InChI is InChI=1S/C35H52N4O6Si/c1-23(2)9-7-10-24(3)14-17-39-29-13-12-26(38-18-15-36-21-32(38)42)19-28(29)35(34(39)43)25(4)33(46(5,6)44)30(45-35)20-31(41)37-16-8-11-27(37)22-40/h9,12-14,19,25,27,30,33,36,40,44H,7-8,10-11,15-18,20-22H2,1-6H3/b24-14+/t25-,27+,30+,33-,35+/m1/s1. The first-order chi connectivity index (χ1) is 21.8. The average Bonchev–Trinajstić information content (AvgIpc) is 3.65. The lowest BCUT2D eigenvalue weighted by Crippen LogP contribution is -2.48. The zero-order valence-corrected chi connectivity index (χ0v) is 29.3. The number of aliphatic hydroxyl groups is 1. The Kier molecular flexibility index (Phi) is 10.3. The smallest absolute Gasteiger partial charge is 0.264 e. The molecule has 1 spiro atoms. The maximum atomic E-state index is 14.8. The summed E-state index contributed by atoms with van der Waals surface area (Å²) in [5.41, 5.74) is 2.80. The van der Waals surface area contributed by atoms with Crippen molar-refractivity contribution in [2.24, 2.45) is 5.92 Å². The average molecular weight is 653 g/mol. The number of piperazine rings is 1. The Balaban J connectivity index is 1.54. The number of amides is 3. The van der Waals surface area contributed by atoms with Crippen LogP contribution in [0.3, 0.4) is 0 Å². The molecular weight excluding hydrogens is 600 g/mol. The normalized spacial score (nSPS) is 28.4. The molecule has 10 nitrogen and oxygen atoms in total. The number of nitrogens with zero attached hydrogens (tertiary/aromatic N) is 3. The number of rotatable bonds is 10. The Hall–Kier alpha value is -2.83. The summed E-state index contributed by atoms with van der Waals surface area (Å²) in [5.74, 6) is -0.769. The van der Waals surface area contributed by atoms with E-state index in [9.17, 15) is 24.3 Å². The molecule has 252 valence electrons. The number of carbonyl (C=O) groups excluding carboxylic acids is 3. The van der Waals surface area contributed by atoms with Crippen molar-refractivity contribution in [3.8, 4) is 0 Å². The number of anilines is 2. The molecule has 0 aromatic heterocycles. The summed E-state index contributed by atoms with van der Waals surface area (Å²) in [5, 5.41) is 13.0. The summed E-state index contributed by atoms with van der Waals surface area (Å²) < 4.78 is 6.93. The third-order valence-corrected chi connectivity index (χ3v) is 12.9. The van der Waals surface area contributed by atoms with Gasteiger partial charge in [-0.25, -0.2) is 0 Å². The number of allylic oxidation sites excluding steroid dienone is 3. The van der Waals surface area contributed by atoms with E-state index in [0.717, 1.165) is 31.4 Å². The van der Waals surface area contributed by atoms with Crippen LogP contribution in [-0.4, -0.2) is 92.3 Å². The lowest BCUT2D eigenvalue weighted by atomic mass is 9.82. The van der Waals surface area contributed by atoms with Gasteiger partial charge in [0, 0.05) is 48.9 Å². The van der Waals surface area contributed by atoms with Crippen LogP contribution >= 0.6 is 0 Å². The molecule has 5 atom stereocenters. The first-order valence-corrected chi connectivity index (χ1v) is 19.9. The number of fused-ring (bicyclic) bond motifs is 2. The Morgan fingerprint density at radius 2 is 1.93 bits per heavy atom. The van der Waals surface area contributed by atoms with Gasteiger partial charge in [0.15, 0.2) is 13.9 Å². The third kappa shape index (κ3) is 6.49. The number of hydrogen-bond donors (Lipinski definition) is 3. The quantitative estimate of drug-likeness (QED) is 0.260. The molecular formula is C35H52N4O6Si. The number of likely N-dealkylation sites (tertiary alicyclic amines) is 1. The van der Waals surface area contributed by atoms with Gasteiger partial charge in [0.25, 0.3) is 5.91 Å². The summed E-state index contributed by atoms with van der Waals surface area (Å²) in [6, 6.07) is 5.53. The van der Waals surface area contributed by atoms with Crippen molar-refractivity contribution in [3.63, 3.8) is 0 Å². The van der Waals surface area contributed by atoms with E-state index in [0.29, 0.717) is 37.4 Å². The van der Waals surface area contributed by atoms with Gasteiger partial charge in [-0.1, -0.05) is 30.2 Å². The highest BCUT2D eigenvalue weighted by atomic mass is 28.4. The van der Waals surface area contributed by atoms with E-state index in [2.05, 4.69) is 38.2 Å². The molecule has 5 rings (SSSR count). The maximum absolute atomic E-state index is 14.8. The molecule has 1 aromatic rings. The van der Waals surface area contributed by atoms with Crippen LogP contribution in [0.2, 0.25) is 18.6 Å². The van der Waals surface area contributed by atoms with Gasteiger partial charge in [0.1, 0.15) is 0 Å². The summed E-state index contributed by atoms with van der Waals surface area (Å²) in [6.07, 6.45) is 7.09. The predicted octanol–water partition coefficient (Wildman–Crippen LogP) is 3.83. The van der Waals surface area contributed by atoms with Crippen molar-refractivity contribution in [3.05, 3.63) is 47.1 Å². The van der Waals surface area contributed by atoms with Crippen LogP contribution in [-0.2, 0) is 24.7 Å². The summed E-state index contributed by atoms with van der Waals surface area (Å²) in [4.78, 5) is 58.3. The zero-order chi connectivity index (χ0) is 33.4. The highest BCUT2D eigenvalue weighted by Crippen LogP contribution is 2.60. The van der Waals surface area contributed by atoms with E-state index < -0.39 is 31.5 Å². The van der Waals surface area contributed by atoms with Crippen LogP contribution < -0.4 is 15.1 Å². The fourth-order valence-corrected chi connectivity index (χ4v) is 10.6. The first kappa shape index (κ1) is 34.5. The highest BCUT2D eigenvalue weighted by molar-refractivity contribution is 6.71. The lowest BCUT2D eigenvalue weighted by Gasteiger charge is -2.33. The van der Waals surface area contributed by atoms with Gasteiger partial charge in [0.2, 0.25) is 11.8 Å². The minimum Gasteiger partial charge on any atom is -0.432 e. The van der Waals surface area contributed by atoms with E-state index in [1.165, 1.54) is 11.1 Å². The molecule has 0 radical (unpaired) electrons. The van der Waals surface area contributed by atoms with Crippen molar-refractivity contribution in [1.82, 2.24) is 10.2 Å². The number of benzene rings is 1. The number of nitrogens with one attached hydrogen (secondary N) is 1. The third-order valence-electron chi connectivity index (χ3n) is 10.4. The fourth-order valence-electron chi connectivity index (χ4n) is 8.07. The Labute approximate surface area is 274 Å². The molecule has 0 unspecified atom stereocenters. The van der Waals surface area contributed by atoms with Gasteiger partial charge in [-0.3, -0.25) is 14.4 Å². The van der Waals surface area contributed by atoms with Gasteiger partial charge in [-0.2, -0.15) is 0 Å². The molecule has 0 saturated carbocycles. The predicted molar refractivity (Wildman–Crippen MR) is 182 cm³/mol. The molecule has 46 heavy (non-hydrogen) atoms. The van der Waals surface area contributed by atoms with Gasteiger partial charge in [-0.15, -0.1) is 0 Å². The fraction of sp³-hybridized carbons (Fsp3) is 0.629. The molecule has 4 aliphatic heterocycles. The summed E-state index contributed by atoms with van der Waals surface area (Å²) >= 11 is 0. The van der Waals surface area contributed by atoms with E-state index in [1.807, 2.05) is 38.2 Å². The second-order valence-electron chi connectivity index (χ2n) is 14.3. The minimum absolute atomic E-state index is 0.0339. The van der Waals surface area contributed by atoms with Crippen molar-refractivity contribution >= 4 is 37.4 Å². The zero-order valence-electron chi connectivity index (χ0n) is 28.3. The molecule has 4 aliphatic rings. The molecule has 3 N–H and O–H groups in total.